The Kier molecular flexibility index (Phi) is 3.92. The fourth-order valence-electron chi connectivity index (χ4n) is 2.59. The van der Waals surface area contributed by atoms with Crippen molar-refractivity contribution >= 4 is 5.97 Å². The van der Waals surface area contributed by atoms with Crippen LogP contribution in [0.25, 0.3) is 0 Å². The molecule has 0 aromatic carbocycles. The maximum Gasteiger partial charge on any atom is 0.334 e. The van der Waals surface area contributed by atoms with Crippen molar-refractivity contribution in [3.8, 4) is 0 Å². The standard InChI is InChI=1S/C15H20O4/c1-8-4-5-11(16)9(2)7-13-14(12(17)6-8)10(3)15(18)19-13/h6-7,11-14,16-17H,3-5H2,1-2H3/b8-6+,9-7+/t11-,12+,13-,14-/m1/s1. The molecule has 1 heterocycles. The number of rotatable bonds is 0. The predicted octanol–water partition coefficient (Wildman–Crippen LogP) is 1.49. The van der Waals surface area contributed by atoms with Crippen molar-refractivity contribution in [1.29, 1.82) is 0 Å². The first kappa shape index (κ1) is 14.0. The number of allylic oxidation sites excluding steroid dienone is 1. The molecular formula is C15H20O4. The zero-order valence-corrected chi connectivity index (χ0v) is 11.3. The maximum absolute atomic E-state index is 11.6. The molecule has 0 amide bonds. The largest absolute Gasteiger partial charge is 0.454 e. The Balaban J connectivity index is 2.39. The van der Waals surface area contributed by atoms with E-state index in [1.807, 2.05) is 13.8 Å². The van der Waals surface area contributed by atoms with Gasteiger partial charge in [-0.25, -0.2) is 4.79 Å². The molecule has 0 saturated carbocycles. The minimum absolute atomic E-state index is 0.292. The Morgan fingerprint density at radius 2 is 2.00 bits per heavy atom. The van der Waals surface area contributed by atoms with Crippen LogP contribution in [0.5, 0.6) is 0 Å². The monoisotopic (exact) mass is 264 g/mol. The van der Waals surface area contributed by atoms with E-state index in [2.05, 4.69) is 6.58 Å². The third-order valence-corrected chi connectivity index (χ3v) is 3.85. The van der Waals surface area contributed by atoms with E-state index in [0.717, 1.165) is 11.1 Å². The fraction of sp³-hybridized carbons (Fsp3) is 0.533. The summed E-state index contributed by atoms with van der Waals surface area (Å²) in [6.07, 6.45) is 2.88. The lowest BCUT2D eigenvalue weighted by atomic mass is 9.86. The van der Waals surface area contributed by atoms with Gasteiger partial charge in [0.1, 0.15) is 6.10 Å². The van der Waals surface area contributed by atoms with E-state index in [0.29, 0.717) is 18.4 Å². The summed E-state index contributed by atoms with van der Waals surface area (Å²) in [7, 11) is 0. The molecule has 0 spiro atoms. The van der Waals surface area contributed by atoms with E-state index in [9.17, 15) is 15.0 Å². The Labute approximate surface area is 113 Å². The van der Waals surface area contributed by atoms with Crippen LogP contribution in [0.2, 0.25) is 0 Å². The van der Waals surface area contributed by atoms with Gasteiger partial charge in [0, 0.05) is 5.57 Å². The van der Waals surface area contributed by atoms with Gasteiger partial charge in [0.05, 0.1) is 18.1 Å². The number of esters is 1. The highest BCUT2D eigenvalue weighted by Crippen LogP contribution is 2.33. The summed E-state index contributed by atoms with van der Waals surface area (Å²) >= 11 is 0. The van der Waals surface area contributed by atoms with Gasteiger partial charge in [0.2, 0.25) is 0 Å². The number of ether oxygens (including phenoxy) is 1. The van der Waals surface area contributed by atoms with Gasteiger partial charge < -0.3 is 14.9 Å². The van der Waals surface area contributed by atoms with E-state index in [1.54, 1.807) is 12.2 Å². The Bertz CT molecular complexity index is 461. The quantitative estimate of drug-likeness (QED) is 0.395. The Morgan fingerprint density at radius 1 is 1.32 bits per heavy atom. The van der Waals surface area contributed by atoms with Gasteiger partial charge in [0.15, 0.2) is 0 Å². The molecule has 1 fully saturated rings. The zero-order chi connectivity index (χ0) is 14.2. The topological polar surface area (TPSA) is 66.8 Å². The van der Waals surface area contributed by atoms with Crippen LogP contribution in [0, 0.1) is 5.92 Å². The number of hydrogen-bond donors (Lipinski definition) is 2. The Hall–Kier alpha value is -1.39. The maximum atomic E-state index is 11.6. The minimum atomic E-state index is -0.789. The average molecular weight is 264 g/mol. The minimum Gasteiger partial charge on any atom is -0.454 e. The van der Waals surface area contributed by atoms with Crippen molar-refractivity contribution in [2.45, 2.75) is 45.0 Å². The van der Waals surface area contributed by atoms with Crippen LogP contribution in [0.3, 0.4) is 0 Å². The molecule has 0 aromatic heterocycles. The summed E-state index contributed by atoms with van der Waals surface area (Å²) in [5.74, 6) is -0.944. The molecule has 104 valence electrons. The van der Waals surface area contributed by atoms with Crippen molar-refractivity contribution in [3.05, 3.63) is 35.5 Å². The summed E-state index contributed by atoms with van der Waals surface area (Å²) < 4.78 is 5.22. The first-order valence-corrected chi connectivity index (χ1v) is 6.51. The SMILES string of the molecule is C=C1C(=O)O[C@@H]2/C=C(\C)[C@H](O)CC/C(C)=C/[C@H](O)[C@@H]12. The zero-order valence-electron chi connectivity index (χ0n) is 11.3. The molecule has 1 aliphatic heterocycles. The predicted molar refractivity (Wildman–Crippen MR) is 71.3 cm³/mol. The smallest absolute Gasteiger partial charge is 0.334 e. The lowest BCUT2D eigenvalue weighted by molar-refractivity contribution is -0.137. The van der Waals surface area contributed by atoms with Crippen molar-refractivity contribution in [2.24, 2.45) is 5.92 Å². The first-order chi connectivity index (χ1) is 8.90. The second-order valence-corrected chi connectivity index (χ2v) is 5.39. The third kappa shape index (κ3) is 2.80. The number of fused-ring (bicyclic) bond motifs is 1. The van der Waals surface area contributed by atoms with Crippen LogP contribution in [0.15, 0.2) is 35.5 Å². The number of aliphatic hydroxyl groups is 2. The van der Waals surface area contributed by atoms with E-state index in [4.69, 9.17) is 4.74 Å². The van der Waals surface area contributed by atoms with Gasteiger partial charge in [-0.15, -0.1) is 0 Å². The van der Waals surface area contributed by atoms with E-state index >= 15 is 0 Å². The van der Waals surface area contributed by atoms with Crippen molar-refractivity contribution in [2.75, 3.05) is 0 Å². The van der Waals surface area contributed by atoms with Crippen LogP contribution < -0.4 is 0 Å². The molecule has 2 N–H and O–H groups in total. The lowest BCUT2D eigenvalue weighted by Crippen LogP contribution is -2.28. The first-order valence-electron chi connectivity index (χ1n) is 6.51. The molecule has 19 heavy (non-hydrogen) atoms. The van der Waals surface area contributed by atoms with Gasteiger partial charge in [-0.3, -0.25) is 0 Å². The van der Waals surface area contributed by atoms with Crippen molar-refractivity contribution in [1.82, 2.24) is 0 Å². The highest BCUT2D eigenvalue weighted by atomic mass is 16.6. The van der Waals surface area contributed by atoms with Crippen molar-refractivity contribution < 1.29 is 19.7 Å². The van der Waals surface area contributed by atoms with Gasteiger partial charge >= 0.3 is 5.97 Å². The second-order valence-electron chi connectivity index (χ2n) is 5.39. The molecular weight excluding hydrogens is 244 g/mol. The summed E-state index contributed by atoms with van der Waals surface area (Å²) in [4.78, 5) is 11.6. The molecule has 2 rings (SSSR count). The summed E-state index contributed by atoms with van der Waals surface area (Å²) in [6.45, 7) is 7.43. The molecule has 1 saturated heterocycles. The molecule has 4 nitrogen and oxygen atoms in total. The van der Waals surface area contributed by atoms with E-state index in [-0.39, 0.29) is 0 Å². The van der Waals surface area contributed by atoms with Gasteiger partial charge in [0.25, 0.3) is 0 Å². The summed E-state index contributed by atoms with van der Waals surface area (Å²) in [5, 5.41) is 20.3. The van der Waals surface area contributed by atoms with Crippen LogP contribution in [-0.2, 0) is 9.53 Å². The molecule has 0 bridgehead atoms. The highest BCUT2D eigenvalue weighted by molar-refractivity contribution is 5.91. The number of carbonyl (C=O) groups excluding carboxylic acids is 1. The molecule has 0 radical (unpaired) electrons. The van der Waals surface area contributed by atoms with Crippen LogP contribution >= 0.6 is 0 Å². The summed E-state index contributed by atoms with van der Waals surface area (Å²) in [5.41, 5.74) is 2.05. The van der Waals surface area contributed by atoms with Crippen molar-refractivity contribution in [3.63, 3.8) is 0 Å². The molecule has 4 heteroatoms. The molecule has 1 aliphatic carbocycles. The highest BCUT2D eigenvalue weighted by Gasteiger charge is 2.41. The van der Waals surface area contributed by atoms with Gasteiger partial charge in [-0.2, -0.15) is 0 Å². The van der Waals surface area contributed by atoms with Crippen LogP contribution in [0.1, 0.15) is 26.7 Å². The number of carbonyl (C=O) groups is 1. The van der Waals surface area contributed by atoms with Gasteiger partial charge in [-0.1, -0.05) is 18.2 Å². The number of aliphatic hydroxyl groups excluding tert-OH is 2. The normalized spacial score (nSPS) is 41.7. The Morgan fingerprint density at radius 3 is 2.68 bits per heavy atom. The molecule has 0 unspecified atom stereocenters. The molecule has 0 aromatic rings. The lowest BCUT2D eigenvalue weighted by Gasteiger charge is -2.22. The third-order valence-electron chi connectivity index (χ3n) is 3.85. The fourth-order valence-corrected chi connectivity index (χ4v) is 2.59. The van der Waals surface area contributed by atoms with Crippen LogP contribution in [-0.4, -0.2) is 34.5 Å². The van der Waals surface area contributed by atoms with E-state index in [1.165, 1.54) is 0 Å². The van der Waals surface area contributed by atoms with Crippen LogP contribution in [0.4, 0.5) is 0 Å². The number of hydrogen-bond acceptors (Lipinski definition) is 4. The summed E-state index contributed by atoms with van der Waals surface area (Å²) in [6, 6.07) is 0. The second kappa shape index (κ2) is 5.31. The molecule has 4 atom stereocenters. The van der Waals surface area contributed by atoms with E-state index < -0.39 is 30.2 Å². The van der Waals surface area contributed by atoms with Gasteiger partial charge in [-0.05, 0) is 38.3 Å². The molecule has 2 aliphatic rings. The average Bonchev–Trinajstić information content (AvgIpc) is 2.60.